The third kappa shape index (κ3) is 3.26. The van der Waals surface area contributed by atoms with Crippen molar-refractivity contribution in [3.05, 3.63) is 11.9 Å². The molecule has 4 heterocycles. The summed E-state index contributed by atoms with van der Waals surface area (Å²) in [5, 5.41) is 14.7. The van der Waals surface area contributed by atoms with Gasteiger partial charge in [0.05, 0.1) is 18.2 Å². The normalized spacial score (nSPS) is 32.9. The SMILES string of the molecule is CNCc1cn(C[C@H]2C[C@H]3CCN2C[C@@H]3C(=O)NC2CC2)nn1. The summed E-state index contributed by atoms with van der Waals surface area (Å²) >= 11 is 0. The number of carbonyl (C=O) groups excluding carboxylic acids is 1. The van der Waals surface area contributed by atoms with Gasteiger partial charge in [-0.05, 0) is 45.2 Å². The summed E-state index contributed by atoms with van der Waals surface area (Å²) in [4.78, 5) is 14.9. The molecule has 1 saturated carbocycles. The lowest BCUT2D eigenvalue weighted by atomic mass is 9.75. The van der Waals surface area contributed by atoms with E-state index in [-0.39, 0.29) is 11.8 Å². The van der Waals surface area contributed by atoms with Gasteiger partial charge in [-0.25, -0.2) is 0 Å². The molecule has 5 rings (SSSR count). The Kier molecular flexibility index (Phi) is 4.07. The number of fused-ring (bicyclic) bond motifs is 3. The van der Waals surface area contributed by atoms with Crippen molar-refractivity contribution in [1.82, 2.24) is 30.5 Å². The third-order valence-electron chi connectivity index (χ3n) is 5.48. The summed E-state index contributed by atoms with van der Waals surface area (Å²) < 4.78 is 1.96. The van der Waals surface area contributed by atoms with E-state index in [1.165, 1.54) is 0 Å². The molecule has 1 amide bonds. The van der Waals surface area contributed by atoms with Crippen molar-refractivity contribution >= 4 is 5.91 Å². The highest BCUT2D eigenvalue weighted by atomic mass is 16.2. The molecule has 23 heavy (non-hydrogen) atoms. The first kappa shape index (κ1) is 15.1. The van der Waals surface area contributed by atoms with Crippen LogP contribution in [0.15, 0.2) is 6.20 Å². The van der Waals surface area contributed by atoms with E-state index in [1.807, 2.05) is 17.9 Å². The van der Waals surface area contributed by atoms with E-state index in [0.717, 1.165) is 57.6 Å². The van der Waals surface area contributed by atoms with Gasteiger partial charge in [-0.2, -0.15) is 0 Å². The van der Waals surface area contributed by atoms with Crippen LogP contribution < -0.4 is 10.6 Å². The van der Waals surface area contributed by atoms with Crippen LogP contribution in [0, 0.1) is 11.8 Å². The minimum atomic E-state index is 0.191. The van der Waals surface area contributed by atoms with E-state index >= 15 is 0 Å². The van der Waals surface area contributed by atoms with E-state index in [1.54, 1.807) is 0 Å². The first-order chi connectivity index (χ1) is 11.2. The van der Waals surface area contributed by atoms with Crippen LogP contribution in [0.5, 0.6) is 0 Å². The summed E-state index contributed by atoms with van der Waals surface area (Å²) in [6.45, 7) is 3.65. The summed E-state index contributed by atoms with van der Waals surface area (Å²) in [6.07, 6.45) is 6.61. The number of hydrogen-bond donors (Lipinski definition) is 2. The van der Waals surface area contributed by atoms with Crippen LogP contribution in [-0.2, 0) is 17.9 Å². The predicted molar refractivity (Wildman–Crippen MR) is 85.5 cm³/mol. The number of aromatic nitrogens is 3. The van der Waals surface area contributed by atoms with Gasteiger partial charge in [0.25, 0.3) is 0 Å². The Hall–Kier alpha value is -1.47. The zero-order valence-corrected chi connectivity index (χ0v) is 13.7. The Bertz CT molecular complexity index is 569. The smallest absolute Gasteiger partial charge is 0.224 e. The number of carbonyl (C=O) groups is 1. The van der Waals surface area contributed by atoms with E-state index in [9.17, 15) is 4.79 Å². The topological polar surface area (TPSA) is 75.1 Å². The average molecular weight is 318 g/mol. The van der Waals surface area contributed by atoms with E-state index in [4.69, 9.17) is 0 Å². The number of nitrogens with one attached hydrogen (secondary N) is 2. The molecular formula is C16H26N6O. The average Bonchev–Trinajstić information content (AvgIpc) is 3.27. The minimum Gasteiger partial charge on any atom is -0.353 e. The molecule has 1 aromatic heterocycles. The summed E-state index contributed by atoms with van der Waals surface area (Å²) in [6, 6.07) is 0.956. The fourth-order valence-electron chi connectivity index (χ4n) is 4.07. The van der Waals surface area contributed by atoms with Crippen molar-refractivity contribution < 1.29 is 4.79 Å². The van der Waals surface area contributed by atoms with Gasteiger partial charge in [0.1, 0.15) is 0 Å². The maximum atomic E-state index is 12.4. The van der Waals surface area contributed by atoms with Gasteiger partial charge in [0.2, 0.25) is 5.91 Å². The molecule has 3 aliphatic heterocycles. The number of hydrogen-bond acceptors (Lipinski definition) is 5. The second-order valence-corrected chi connectivity index (χ2v) is 7.28. The van der Waals surface area contributed by atoms with Crippen molar-refractivity contribution in [1.29, 1.82) is 0 Å². The largest absolute Gasteiger partial charge is 0.353 e. The van der Waals surface area contributed by atoms with Crippen molar-refractivity contribution in [2.75, 3.05) is 20.1 Å². The third-order valence-corrected chi connectivity index (χ3v) is 5.48. The molecule has 3 saturated heterocycles. The molecule has 2 N–H and O–H groups in total. The van der Waals surface area contributed by atoms with Crippen LogP contribution in [0.25, 0.3) is 0 Å². The van der Waals surface area contributed by atoms with Gasteiger partial charge in [0.15, 0.2) is 0 Å². The monoisotopic (exact) mass is 318 g/mol. The fourth-order valence-corrected chi connectivity index (χ4v) is 4.07. The van der Waals surface area contributed by atoms with Crippen molar-refractivity contribution in [2.45, 2.75) is 50.9 Å². The van der Waals surface area contributed by atoms with Crippen LogP contribution >= 0.6 is 0 Å². The van der Waals surface area contributed by atoms with Gasteiger partial charge in [-0.3, -0.25) is 14.4 Å². The molecule has 4 aliphatic rings. The number of nitrogens with zero attached hydrogens (tertiary/aromatic N) is 4. The highest BCUT2D eigenvalue weighted by molar-refractivity contribution is 5.80. The molecule has 2 bridgehead atoms. The lowest BCUT2D eigenvalue weighted by Gasteiger charge is -2.49. The molecule has 126 valence electrons. The number of piperidine rings is 3. The van der Waals surface area contributed by atoms with Gasteiger partial charge < -0.3 is 10.6 Å². The van der Waals surface area contributed by atoms with Crippen LogP contribution in [0.3, 0.4) is 0 Å². The molecule has 7 nitrogen and oxygen atoms in total. The summed E-state index contributed by atoms with van der Waals surface area (Å²) in [7, 11) is 1.91. The Morgan fingerprint density at radius 2 is 2.26 bits per heavy atom. The zero-order chi connectivity index (χ0) is 15.8. The van der Waals surface area contributed by atoms with Crippen LogP contribution in [-0.4, -0.2) is 58.0 Å². The molecular weight excluding hydrogens is 292 g/mol. The molecule has 4 fully saturated rings. The van der Waals surface area contributed by atoms with Gasteiger partial charge in [0, 0.05) is 31.4 Å². The first-order valence-electron chi connectivity index (χ1n) is 8.81. The maximum Gasteiger partial charge on any atom is 0.224 e. The fraction of sp³-hybridized carbons (Fsp3) is 0.812. The van der Waals surface area contributed by atoms with E-state index < -0.39 is 0 Å². The second-order valence-electron chi connectivity index (χ2n) is 7.28. The number of amides is 1. The first-order valence-corrected chi connectivity index (χ1v) is 8.81. The van der Waals surface area contributed by atoms with Crippen LogP contribution in [0.1, 0.15) is 31.4 Å². The predicted octanol–water partition coefficient (Wildman–Crippen LogP) is -0.0135. The van der Waals surface area contributed by atoms with Crippen molar-refractivity contribution in [2.24, 2.45) is 11.8 Å². The van der Waals surface area contributed by atoms with Crippen molar-refractivity contribution in [3.63, 3.8) is 0 Å². The molecule has 1 aromatic rings. The van der Waals surface area contributed by atoms with Crippen molar-refractivity contribution in [3.8, 4) is 0 Å². The molecule has 7 heteroatoms. The molecule has 0 aromatic carbocycles. The lowest BCUT2D eigenvalue weighted by molar-refractivity contribution is -0.133. The summed E-state index contributed by atoms with van der Waals surface area (Å²) in [5.74, 6) is 1.01. The molecule has 0 radical (unpaired) electrons. The minimum absolute atomic E-state index is 0.191. The van der Waals surface area contributed by atoms with E-state index in [2.05, 4.69) is 25.8 Å². The standard InChI is InChI=1S/C16H26N6O/c1-17-7-13-8-22(20-19-13)9-14-6-11-4-5-21(14)10-15(11)16(23)18-12-2-3-12/h8,11-12,14-15,17H,2-7,9-10H2,1H3,(H,18,23)/t11-,14-,15+/m1/s1. The van der Waals surface area contributed by atoms with E-state index in [0.29, 0.717) is 18.0 Å². The Balaban J connectivity index is 1.36. The molecule has 1 unspecified atom stereocenters. The highest BCUT2D eigenvalue weighted by Gasteiger charge is 2.44. The van der Waals surface area contributed by atoms with Crippen LogP contribution in [0.2, 0.25) is 0 Å². The molecule has 0 spiro atoms. The molecule has 1 aliphatic carbocycles. The van der Waals surface area contributed by atoms with Gasteiger partial charge in [-0.1, -0.05) is 5.21 Å². The maximum absolute atomic E-state index is 12.4. The van der Waals surface area contributed by atoms with Crippen LogP contribution in [0.4, 0.5) is 0 Å². The molecule has 4 atom stereocenters. The zero-order valence-electron chi connectivity index (χ0n) is 13.7. The Morgan fingerprint density at radius 1 is 1.39 bits per heavy atom. The Morgan fingerprint density at radius 3 is 2.96 bits per heavy atom. The second kappa shape index (κ2) is 6.20. The summed E-state index contributed by atoms with van der Waals surface area (Å²) in [5.41, 5.74) is 0.977. The quantitative estimate of drug-likeness (QED) is 0.771. The van der Waals surface area contributed by atoms with Gasteiger partial charge >= 0.3 is 0 Å². The number of rotatable bonds is 6. The highest BCUT2D eigenvalue weighted by Crippen LogP contribution is 2.37. The Labute approximate surface area is 136 Å². The van der Waals surface area contributed by atoms with Gasteiger partial charge in [-0.15, -0.1) is 5.10 Å². The lowest BCUT2D eigenvalue weighted by Crippen LogP contribution is -2.58.